The molecule has 2 aliphatic rings. The zero-order chi connectivity index (χ0) is 28.7. The number of fused-ring (bicyclic) bond motifs is 1. The molecule has 6 rings (SSSR count). The summed E-state index contributed by atoms with van der Waals surface area (Å²) in [6, 6.07) is 15.7. The molecule has 2 fully saturated rings. The number of aromatic nitrogens is 4. The van der Waals surface area contributed by atoms with Crippen LogP contribution in [-0.4, -0.2) is 54.9 Å². The molecule has 1 aliphatic carbocycles. The summed E-state index contributed by atoms with van der Waals surface area (Å²) in [7, 11) is 0. The van der Waals surface area contributed by atoms with Crippen LogP contribution in [0.25, 0.3) is 16.9 Å². The fraction of sp³-hybridized carbons (Fsp3) is 0.400. The van der Waals surface area contributed by atoms with Gasteiger partial charge in [-0.15, -0.1) is 0 Å². The number of hydrogen-bond donors (Lipinski definition) is 4. The van der Waals surface area contributed by atoms with Gasteiger partial charge in [0.1, 0.15) is 17.2 Å². The van der Waals surface area contributed by atoms with E-state index in [1.807, 2.05) is 63.4 Å². The molecule has 2 unspecified atom stereocenters. The average Bonchev–Trinajstić information content (AvgIpc) is 3.60. The minimum absolute atomic E-state index is 0.0380. The Morgan fingerprint density at radius 1 is 1.05 bits per heavy atom. The van der Waals surface area contributed by atoms with Crippen LogP contribution in [0.2, 0.25) is 0 Å². The third-order valence-corrected chi connectivity index (χ3v) is 7.38. The molecule has 2 atom stereocenters. The normalized spacial score (nSPS) is 19.0. The summed E-state index contributed by atoms with van der Waals surface area (Å²) >= 11 is 0. The fourth-order valence-electron chi connectivity index (χ4n) is 5.30. The Kier molecular flexibility index (Phi) is 6.90. The summed E-state index contributed by atoms with van der Waals surface area (Å²) in [5, 5.41) is 7.72. The van der Waals surface area contributed by atoms with Crippen molar-refractivity contribution in [1.29, 1.82) is 0 Å². The number of pyridine rings is 1. The van der Waals surface area contributed by atoms with Gasteiger partial charge >= 0.3 is 6.09 Å². The van der Waals surface area contributed by atoms with Gasteiger partial charge in [-0.05, 0) is 94.8 Å². The first-order valence-electron chi connectivity index (χ1n) is 14.1. The smallest absolute Gasteiger partial charge is 0.411 e. The van der Waals surface area contributed by atoms with E-state index < -0.39 is 5.60 Å². The van der Waals surface area contributed by atoms with E-state index in [0.29, 0.717) is 24.2 Å². The summed E-state index contributed by atoms with van der Waals surface area (Å²) in [5.41, 5.74) is 15.4. The van der Waals surface area contributed by atoms with Gasteiger partial charge in [0.25, 0.3) is 0 Å². The van der Waals surface area contributed by atoms with E-state index in [9.17, 15) is 4.79 Å². The van der Waals surface area contributed by atoms with Crippen molar-refractivity contribution < 1.29 is 9.53 Å². The van der Waals surface area contributed by atoms with Crippen LogP contribution in [0.15, 0.2) is 54.7 Å². The Balaban J connectivity index is 1.15. The maximum Gasteiger partial charge on any atom is 0.411 e. The number of nitrogen functional groups attached to an aromatic ring is 1. The highest BCUT2D eigenvalue weighted by Crippen LogP contribution is 2.43. The number of carbonyl (C=O) groups excluding carboxylic acids is 1. The molecule has 1 saturated carbocycles. The number of nitrogens with zero attached hydrogens (tertiary/aromatic N) is 5. The molecule has 1 amide bonds. The summed E-state index contributed by atoms with van der Waals surface area (Å²) in [6.07, 6.45) is 5.02. The van der Waals surface area contributed by atoms with Gasteiger partial charge in [-0.1, -0.05) is 6.07 Å². The van der Waals surface area contributed by atoms with Crippen molar-refractivity contribution in [3.8, 4) is 5.82 Å². The average molecular weight is 556 g/mol. The lowest BCUT2D eigenvalue weighted by Crippen LogP contribution is -2.49. The van der Waals surface area contributed by atoms with E-state index in [4.69, 9.17) is 21.2 Å². The fourth-order valence-corrected chi connectivity index (χ4v) is 5.30. The van der Waals surface area contributed by atoms with Gasteiger partial charge in [-0.2, -0.15) is 4.98 Å². The quantitative estimate of drug-likeness (QED) is 0.244. The summed E-state index contributed by atoms with van der Waals surface area (Å²) in [6.45, 7) is 6.16. The van der Waals surface area contributed by atoms with Gasteiger partial charge in [0.15, 0.2) is 5.65 Å². The standard InChI is InChI=1S/C30H37N9O2/c1-30(2,3)41-29(40)38-22(13-14-25(38)32)17-33-20-9-11-21(12-10-20)35-28-34-16-19-15-23(18-7-8-18)39(27(19)37-28)26-6-4-5-24(31)36-26/h4-6,9-12,15-16,18,22,25,33H,7-8,13-14,17,32H2,1-3H3,(H2,31,36)(H,34,35,37). The number of carbonyl (C=O) groups is 1. The highest BCUT2D eigenvalue weighted by Gasteiger charge is 2.37. The topological polar surface area (TPSA) is 149 Å². The molecule has 1 aliphatic heterocycles. The van der Waals surface area contributed by atoms with Crippen LogP contribution in [0, 0.1) is 0 Å². The maximum atomic E-state index is 12.7. The molecule has 11 heteroatoms. The predicted molar refractivity (Wildman–Crippen MR) is 160 cm³/mol. The molecule has 11 nitrogen and oxygen atoms in total. The molecular weight excluding hydrogens is 518 g/mol. The third kappa shape index (κ3) is 5.90. The van der Waals surface area contributed by atoms with Crippen molar-refractivity contribution in [1.82, 2.24) is 24.4 Å². The second-order valence-corrected chi connectivity index (χ2v) is 11.8. The van der Waals surface area contributed by atoms with Crippen molar-refractivity contribution in [3.05, 3.63) is 60.4 Å². The molecular formula is C30H37N9O2. The number of likely N-dealkylation sites (tertiary alicyclic amines) is 1. The van der Waals surface area contributed by atoms with E-state index in [2.05, 4.69) is 31.2 Å². The molecule has 1 aromatic carbocycles. The lowest BCUT2D eigenvalue weighted by Gasteiger charge is -2.31. The van der Waals surface area contributed by atoms with Crippen molar-refractivity contribution in [2.75, 3.05) is 22.9 Å². The Bertz CT molecular complexity index is 1560. The first kappa shape index (κ1) is 26.8. The van der Waals surface area contributed by atoms with E-state index in [-0.39, 0.29) is 18.3 Å². The Labute approximate surface area is 239 Å². The Hall–Kier alpha value is -4.38. The van der Waals surface area contributed by atoms with Crippen molar-refractivity contribution >= 4 is 40.3 Å². The first-order valence-corrected chi connectivity index (χ1v) is 14.1. The molecule has 0 radical (unpaired) electrons. The highest BCUT2D eigenvalue weighted by atomic mass is 16.6. The van der Waals surface area contributed by atoms with Crippen LogP contribution in [0.5, 0.6) is 0 Å². The van der Waals surface area contributed by atoms with Crippen molar-refractivity contribution in [3.63, 3.8) is 0 Å². The molecule has 41 heavy (non-hydrogen) atoms. The molecule has 6 N–H and O–H groups in total. The van der Waals surface area contributed by atoms with Crippen molar-refractivity contribution in [2.24, 2.45) is 5.73 Å². The van der Waals surface area contributed by atoms with Crippen LogP contribution in [0.3, 0.4) is 0 Å². The zero-order valence-corrected chi connectivity index (χ0v) is 23.7. The molecule has 0 spiro atoms. The number of rotatable bonds is 7. The maximum absolute atomic E-state index is 12.7. The molecule has 0 bridgehead atoms. The van der Waals surface area contributed by atoms with Gasteiger partial charge in [0.2, 0.25) is 5.95 Å². The van der Waals surface area contributed by atoms with Crippen LogP contribution in [-0.2, 0) is 4.74 Å². The van der Waals surface area contributed by atoms with Gasteiger partial charge in [-0.25, -0.2) is 14.8 Å². The summed E-state index contributed by atoms with van der Waals surface area (Å²) < 4.78 is 7.67. The summed E-state index contributed by atoms with van der Waals surface area (Å²) in [4.78, 5) is 28.3. The number of nitrogens with one attached hydrogen (secondary N) is 2. The van der Waals surface area contributed by atoms with Crippen LogP contribution in [0.4, 0.5) is 27.9 Å². The molecule has 1 saturated heterocycles. The molecule has 4 heterocycles. The van der Waals surface area contributed by atoms with Gasteiger partial charge < -0.3 is 26.8 Å². The van der Waals surface area contributed by atoms with Crippen LogP contribution >= 0.6 is 0 Å². The number of ether oxygens (including phenoxy) is 1. The molecule has 214 valence electrons. The SMILES string of the molecule is CC(C)(C)OC(=O)N1C(N)CCC1CNc1ccc(Nc2ncc3cc(C4CC4)n(-c4cccc(N)n4)c3n2)cc1. The Morgan fingerprint density at radius 2 is 1.80 bits per heavy atom. The zero-order valence-electron chi connectivity index (χ0n) is 23.7. The van der Waals surface area contributed by atoms with Crippen LogP contribution in [0.1, 0.15) is 58.1 Å². The predicted octanol–water partition coefficient (Wildman–Crippen LogP) is 5.11. The number of hydrogen-bond acceptors (Lipinski definition) is 9. The van der Waals surface area contributed by atoms with E-state index in [1.54, 1.807) is 11.0 Å². The lowest BCUT2D eigenvalue weighted by molar-refractivity contribution is 0.0161. The van der Waals surface area contributed by atoms with Crippen molar-refractivity contribution in [2.45, 2.75) is 70.2 Å². The highest BCUT2D eigenvalue weighted by molar-refractivity contribution is 5.80. The minimum atomic E-state index is -0.566. The number of nitrogens with two attached hydrogens (primary N) is 2. The lowest BCUT2D eigenvalue weighted by atomic mass is 10.2. The number of benzene rings is 1. The van der Waals surface area contributed by atoms with Gasteiger partial charge in [-0.3, -0.25) is 9.47 Å². The summed E-state index contributed by atoms with van der Waals surface area (Å²) in [5.74, 6) is 2.23. The van der Waals surface area contributed by atoms with E-state index >= 15 is 0 Å². The van der Waals surface area contributed by atoms with Gasteiger partial charge in [0.05, 0.1) is 12.2 Å². The second kappa shape index (κ2) is 10.5. The monoisotopic (exact) mass is 555 g/mol. The second-order valence-electron chi connectivity index (χ2n) is 11.8. The van der Waals surface area contributed by atoms with E-state index in [1.165, 1.54) is 5.69 Å². The third-order valence-electron chi connectivity index (χ3n) is 7.38. The minimum Gasteiger partial charge on any atom is -0.444 e. The van der Waals surface area contributed by atoms with Crippen LogP contribution < -0.4 is 22.1 Å². The molecule has 4 aromatic rings. The van der Waals surface area contributed by atoms with Gasteiger partial charge in [0, 0.05) is 35.2 Å². The van der Waals surface area contributed by atoms with E-state index in [0.717, 1.165) is 53.9 Å². The largest absolute Gasteiger partial charge is 0.444 e. The number of anilines is 4. The Morgan fingerprint density at radius 3 is 2.51 bits per heavy atom. The molecule has 3 aromatic heterocycles. The number of amides is 1. The first-order chi connectivity index (χ1) is 19.6.